The number of nitrogens with zero attached hydrogens (tertiary/aromatic N) is 7. The van der Waals surface area contributed by atoms with Crippen molar-refractivity contribution >= 4 is 33.9 Å². The smallest absolute Gasteiger partial charge is 0.334 e. The number of hydrogen-bond acceptors (Lipinski definition) is 9. The van der Waals surface area contributed by atoms with E-state index in [9.17, 15) is 19.2 Å². The van der Waals surface area contributed by atoms with Gasteiger partial charge in [0, 0.05) is 38.1 Å². The Hall–Kier alpha value is -8.30. The van der Waals surface area contributed by atoms with Crippen molar-refractivity contribution < 1.29 is 24.2 Å². The third kappa shape index (κ3) is 9.55. The van der Waals surface area contributed by atoms with E-state index in [4.69, 9.17) is 14.6 Å². The number of imidazole rings is 2. The van der Waals surface area contributed by atoms with Crippen molar-refractivity contribution in [1.82, 2.24) is 38.5 Å². The van der Waals surface area contributed by atoms with Gasteiger partial charge in [0.2, 0.25) is 5.91 Å². The highest BCUT2D eigenvalue weighted by atomic mass is 16.5. The molecule has 8 aromatic rings. The lowest BCUT2D eigenvalue weighted by atomic mass is 10.2. The Balaban J connectivity index is 0.000000162. The number of likely N-dealkylation sites (tertiary alicyclic amines) is 1. The molecule has 6 heterocycles. The molecule has 2 aliphatic heterocycles. The lowest BCUT2D eigenvalue weighted by molar-refractivity contribution is -0.131. The number of amides is 1. The average Bonchev–Trinajstić information content (AvgIpc) is 4.16. The highest BCUT2D eigenvalue weighted by Crippen LogP contribution is 2.29. The van der Waals surface area contributed by atoms with Crippen LogP contribution < -0.4 is 26.2 Å². The number of benzene rings is 4. The first-order valence-corrected chi connectivity index (χ1v) is 21.0. The maximum Gasteiger partial charge on any atom is 0.334 e. The minimum absolute atomic E-state index is 0.0339. The van der Waals surface area contributed by atoms with E-state index >= 15 is 0 Å². The number of aliphatic carboxylic acids is 1. The predicted octanol–water partition coefficient (Wildman–Crippen LogP) is 7.71. The number of carbonyl (C=O) groups excluding carboxylic acids is 1. The zero-order chi connectivity index (χ0) is 45.3. The Morgan fingerprint density at radius 2 is 1.08 bits per heavy atom. The van der Waals surface area contributed by atoms with Gasteiger partial charge in [0.05, 0.1) is 57.9 Å². The first-order chi connectivity index (χ1) is 31.7. The van der Waals surface area contributed by atoms with Crippen LogP contribution in [0, 0.1) is 0 Å². The number of rotatable bonds is 10. The molecule has 15 nitrogen and oxygen atoms in total. The minimum atomic E-state index is -0.981. The summed E-state index contributed by atoms with van der Waals surface area (Å²) < 4.78 is 18.8. The first kappa shape index (κ1) is 43.4. The van der Waals surface area contributed by atoms with Gasteiger partial charge < -0.3 is 24.8 Å². The molecule has 2 aliphatic rings. The quantitative estimate of drug-likeness (QED) is 0.130. The van der Waals surface area contributed by atoms with E-state index in [-0.39, 0.29) is 29.4 Å². The second kappa shape index (κ2) is 19.8. The van der Waals surface area contributed by atoms with Crippen LogP contribution in [-0.4, -0.2) is 76.3 Å². The lowest BCUT2D eigenvalue weighted by Gasteiger charge is -2.15. The van der Waals surface area contributed by atoms with E-state index in [1.807, 2.05) is 126 Å². The number of hydrogen-bond donors (Lipinski definition) is 2. The second-order valence-electron chi connectivity index (χ2n) is 15.1. The summed E-state index contributed by atoms with van der Waals surface area (Å²) in [6, 6.07) is 38.0. The topological polar surface area (TPSA) is 168 Å². The summed E-state index contributed by atoms with van der Waals surface area (Å²) in [7, 11) is 0. The molecule has 0 spiro atoms. The van der Waals surface area contributed by atoms with E-state index in [0.717, 1.165) is 76.3 Å². The van der Waals surface area contributed by atoms with Crippen molar-refractivity contribution in [1.29, 1.82) is 0 Å². The Morgan fingerprint density at radius 1 is 0.615 bits per heavy atom. The fraction of sp³-hybridized carbons (Fsp3) is 0.160. The van der Waals surface area contributed by atoms with Gasteiger partial charge in [0.25, 0.3) is 0 Å². The van der Waals surface area contributed by atoms with Crippen molar-refractivity contribution in [3.8, 4) is 34.4 Å². The Bertz CT molecular complexity index is 3060. The molecular formula is C50H46N8O7. The Kier molecular flexibility index (Phi) is 13.2. The van der Waals surface area contributed by atoms with Gasteiger partial charge in [-0.25, -0.2) is 14.4 Å². The summed E-state index contributed by atoms with van der Waals surface area (Å²) in [4.78, 5) is 58.3. The molecule has 2 fully saturated rings. The third-order valence-corrected chi connectivity index (χ3v) is 11.1. The van der Waals surface area contributed by atoms with Crippen LogP contribution in [0.1, 0.15) is 24.9 Å². The van der Waals surface area contributed by atoms with Crippen molar-refractivity contribution in [2.24, 2.45) is 0 Å². The van der Waals surface area contributed by atoms with E-state index in [1.165, 1.54) is 6.08 Å². The predicted molar refractivity (Wildman–Crippen MR) is 248 cm³/mol. The molecule has 4 aromatic heterocycles. The maximum atomic E-state index is 13.5. The Morgan fingerprint density at radius 3 is 1.51 bits per heavy atom. The summed E-state index contributed by atoms with van der Waals surface area (Å²) in [6.45, 7) is 9.35. The fourth-order valence-corrected chi connectivity index (χ4v) is 8.06. The van der Waals surface area contributed by atoms with Gasteiger partial charge >= 0.3 is 17.3 Å². The molecule has 0 aliphatic carbocycles. The number of pyridine rings is 2. The monoisotopic (exact) mass is 870 g/mol. The van der Waals surface area contributed by atoms with Crippen LogP contribution in [0.15, 0.2) is 181 Å². The Labute approximate surface area is 373 Å². The van der Waals surface area contributed by atoms with Crippen LogP contribution in [0.4, 0.5) is 0 Å². The molecule has 2 saturated heterocycles. The van der Waals surface area contributed by atoms with Crippen molar-refractivity contribution in [2.75, 3.05) is 26.2 Å². The normalized spacial score (nSPS) is 15.4. The van der Waals surface area contributed by atoms with Crippen molar-refractivity contribution in [3.05, 3.63) is 192 Å². The molecule has 0 unspecified atom stereocenters. The minimum Gasteiger partial charge on any atom is -0.478 e. The number of carboxylic acid groups (broad SMARTS) is 1. The largest absolute Gasteiger partial charge is 0.478 e. The highest BCUT2D eigenvalue weighted by Gasteiger charge is 2.30. The molecule has 4 aromatic carbocycles. The molecule has 328 valence electrons. The molecule has 65 heavy (non-hydrogen) atoms. The highest BCUT2D eigenvalue weighted by molar-refractivity contribution is 5.87. The number of aromatic nitrogens is 6. The van der Waals surface area contributed by atoms with Gasteiger partial charge in [-0.2, -0.15) is 0 Å². The van der Waals surface area contributed by atoms with E-state index in [2.05, 4.69) is 28.4 Å². The molecule has 0 radical (unpaired) electrons. The fourth-order valence-electron chi connectivity index (χ4n) is 8.06. The van der Waals surface area contributed by atoms with Crippen LogP contribution in [0.2, 0.25) is 0 Å². The SMILES string of the molecule is C=CC(=O)N1CC[C@@H](n2c(=O)n(-c3ccc(Oc4ccccc4)cc3)c3cnccc32)C1.C=CC(=O)O.O=c1n(-c2ccc(Oc3ccccc3)cc2)c2cnccc2n1[C@@H]1CCNC1. The zero-order valence-electron chi connectivity index (χ0n) is 35.3. The van der Waals surface area contributed by atoms with Crippen LogP contribution >= 0.6 is 0 Å². The standard InChI is InChI=1S/C25H22N4O3.C22H20N4O2.C3H4O2/c1-2-24(30)27-15-13-19(17-27)29-22-12-14-26-16-23(22)28(25(29)31)18-8-10-21(11-9-18)32-20-6-4-3-5-7-20;27-22-25(16-6-8-19(9-7-16)28-18-4-2-1-3-5-18)21-15-24-13-11-20(21)26(22)17-10-12-23-14-17;1-2-3(4)5/h2-12,14,16,19H,1,13,15,17H2;1-9,11,13,15,17,23H,10,12,14H2;2H,1H2,(H,4,5)/t19-;17-;/m11./s1. The van der Waals surface area contributed by atoms with Crippen LogP contribution in [0.3, 0.4) is 0 Å². The van der Waals surface area contributed by atoms with Gasteiger partial charge in [0.15, 0.2) is 0 Å². The third-order valence-electron chi connectivity index (χ3n) is 11.1. The molecule has 0 saturated carbocycles. The van der Waals surface area contributed by atoms with Crippen LogP contribution in [0.25, 0.3) is 33.4 Å². The summed E-state index contributed by atoms with van der Waals surface area (Å²) >= 11 is 0. The van der Waals surface area contributed by atoms with E-state index in [0.29, 0.717) is 25.3 Å². The number of ether oxygens (including phenoxy) is 2. The number of carbonyl (C=O) groups is 2. The summed E-state index contributed by atoms with van der Waals surface area (Å²) in [6.07, 6.45) is 10.7. The van der Waals surface area contributed by atoms with Gasteiger partial charge in [-0.3, -0.25) is 33.0 Å². The van der Waals surface area contributed by atoms with Crippen LogP contribution in [-0.2, 0) is 9.59 Å². The van der Waals surface area contributed by atoms with Gasteiger partial charge in [-0.1, -0.05) is 49.6 Å². The zero-order valence-corrected chi connectivity index (χ0v) is 35.3. The lowest BCUT2D eigenvalue weighted by Crippen LogP contribution is -2.31. The summed E-state index contributed by atoms with van der Waals surface area (Å²) in [5.41, 5.74) is 4.60. The number of para-hydroxylation sites is 2. The first-order valence-electron chi connectivity index (χ1n) is 21.0. The average molecular weight is 871 g/mol. The number of nitrogens with one attached hydrogen (secondary N) is 1. The van der Waals surface area contributed by atoms with Gasteiger partial charge in [-0.05, 0) is 110 Å². The van der Waals surface area contributed by atoms with Crippen molar-refractivity contribution in [3.63, 3.8) is 0 Å². The molecule has 0 bridgehead atoms. The van der Waals surface area contributed by atoms with E-state index in [1.54, 1.807) is 43.4 Å². The van der Waals surface area contributed by atoms with Gasteiger partial charge in [-0.15, -0.1) is 0 Å². The maximum absolute atomic E-state index is 13.5. The summed E-state index contributed by atoms with van der Waals surface area (Å²) in [5, 5.41) is 10.9. The van der Waals surface area contributed by atoms with Crippen LogP contribution in [0.5, 0.6) is 23.0 Å². The second-order valence-corrected chi connectivity index (χ2v) is 15.1. The molecule has 2 atom stereocenters. The number of fused-ring (bicyclic) bond motifs is 2. The summed E-state index contributed by atoms with van der Waals surface area (Å²) in [5.74, 6) is 1.85. The molecule has 15 heteroatoms. The van der Waals surface area contributed by atoms with Crippen molar-refractivity contribution in [2.45, 2.75) is 24.9 Å². The molecular weight excluding hydrogens is 825 g/mol. The molecule has 2 N–H and O–H groups in total. The molecule has 1 amide bonds. The molecule has 10 rings (SSSR count). The van der Waals surface area contributed by atoms with Gasteiger partial charge in [0.1, 0.15) is 23.0 Å². The number of carboxylic acids is 1. The van der Waals surface area contributed by atoms with E-state index < -0.39 is 5.97 Å².